The van der Waals surface area contributed by atoms with Crippen molar-refractivity contribution in [2.45, 2.75) is 47.9 Å². The predicted octanol–water partition coefficient (Wildman–Crippen LogP) is 2.93. The highest BCUT2D eigenvalue weighted by molar-refractivity contribution is 7.91. The molecule has 2 amide bonds. The lowest BCUT2D eigenvalue weighted by Crippen LogP contribution is -2.52. The van der Waals surface area contributed by atoms with E-state index in [-0.39, 0.29) is 39.6 Å². The summed E-state index contributed by atoms with van der Waals surface area (Å²) in [5.41, 5.74) is -4.77. The molecule has 0 bridgehead atoms. The lowest BCUT2D eigenvalue weighted by molar-refractivity contribution is -0.242. The Bertz CT molecular complexity index is 1200. The molecule has 2 rings (SSSR count). The molecule has 8 nitrogen and oxygen atoms in total. The van der Waals surface area contributed by atoms with Crippen molar-refractivity contribution in [3.8, 4) is 0 Å². The summed E-state index contributed by atoms with van der Waals surface area (Å²) in [6, 6.07) is 7.83. The topological polar surface area (TPSA) is 133 Å². The van der Waals surface area contributed by atoms with Crippen LogP contribution in [0.5, 0.6) is 0 Å². The standard InChI is InChI=1S/C21H22ClF3N2O6S/c1-19(2,11-28)27-17(29)12-4-6-13(7-5-12)34(32,33)14-8-9-16(15(22)10-14)26-18(30)20(3,31)21(23,24)25/h4-10,28,31H,11H2,1-3H3,(H,26,30)(H,27,29)/t20-/m1/s1. The average molecular weight is 523 g/mol. The first-order chi connectivity index (χ1) is 15.4. The van der Waals surface area contributed by atoms with Gasteiger partial charge >= 0.3 is 6.18 Å². The quantitative estimate of drug-likeness (QED) is 0.442. The van der Waals surface area contributed by atoms with E-state index in [0.29, 0.717) is 0 Å². The van der Waals surface area contributed by atoms with Crippen LogP contribution in [0.25, 0.3) is 0 Å². The van der Waals surface area contributed by atoms with Crippen LogP contribution >= 0.6 is 11.6 Å². The van der Waals surface area contributed by atoms with E-state index in [4.69, 9.17) is 11.6 Å². The second-order valence-corrected chi connectivity index (χ2v) is 10.5. The average Bonchev–Trinajstić information content (AvgIpc) is 2.73. The maximum atomic E-state index is 12.9. The van der Waals surface area contributed by atoms with Crippen LogP contribution < -0.4 is 10.6 Å². The Kier molecular flexibility index (Phi) is 7.73. The second-order valence-electron chi connectivity index (χ2n) is 8.19. The van der Waals surface area contributed by atoms with Crippen LogP contribution in [0.15, 0.2) is 52.3 Å². The summed E-state index contributed by atoms with van der Waals surface area (Å²) in [6.07, 6.45) is -5.25. The molecule has 0 aliphatic rings. The third kappa shape index (κ3) is 5.87. The van der Waals surface area contributed by atoms with Gasteiger partial charge < -0.3 is 20.8 Å². The molecule has 0 aromatic heterocycles. The number of alkyl halides is 3. The van der Waals surface area contributed by atoms with E-state index in [0.717, 1.165) is 18.2 Å². The van der Waals surface area contributed by atoms with Crippen molar-refractivity contribution in [1.82, 2.24) is 5.32 Å². The van der Waals surface area contributed by atoms with Gasteiger partial charge in [0, 0.05) is 5.56 Å². The van der Waals surface area contributed by atoms with Gasteiger partial charge in [0.1, 0.15) is 0 Å². The van der Waals surface area contributed by atoms with Crippen LogP contribution in [-0.2, 0) is 14.6 Å². The molecule has 4 N–H and O–H groups in total. The van der Waals surface area contributed by atoms with Crippen LogP contribution in [0.3, 0.4) is 0 Å². The molecule has 0 aliphatic carbocycles. The number of benzene rings is 2. The van der Waals surface area contributed by atoms with Crippen molar-refractivity contribution < 1.29 is 41.4 Å². The van der Waals surface area contributed by atoms with Gasteiger partial charge in [0.2, 0.25) is 15.4 Å². The number of rotatable bonds is 7. The van der Waals surface area contributed by atoms with Gasteiger partial charge in [-0.25, -0.2) is 8.42 Å². The van der Waals surface area contributed by atoms with Gasteiger partial charge in [0.05, 0.1) is 32.6 Å². The van der Waals surface area contributed by atoms with E-state index in [1.807, 2.05) is 5.32 Å². The fourth-order valence-corrected chi connectivity index (χ4v) is 4.06. The fraction of sp³-hybridized carbons (Fsp3) is 0.333. The number of carbonyl (C=O) groups excluding carboxylic acids is 2. The summed E-state index contributed by atoms with van der Waals surface area (Å²) >= 11 is 5.96. The predicted molar refractivity (Wildman–Crippen MR) is 117 cm³/mol. The Morgan fingerprint density at radius 2 is 1.53 bits per heavy atom. The maximum absolute atomic E-state index is 12.9. The van der Waals surface area contributed by atoms with Gasteiger partial charge in [0.15, 0.2) is 0 Å². The van der Waals surface area contributed by atoms with Crippen LogP contribution in [0.4, 0.5) is 18.9 Å². The van der Waals surface area contributed by atoms with Crippen molar-refractivity contribution in [3.63, 3.8) is 0 Å². The lowest BCUT2D eigenvalue weighted by Gasteiger charge is -2.25. The van der Waals surface area contributed by atoms with Crippen LogP contribution in [0.1, 0.15) is 31.1 Å². The summed E-state index contributed by atoms with van der Waals surface area (Å²) < 4.78 is 64.2. The van der Waals surface area contributed by atoms with E-state index < -0.39 is 39.0 Å². The molecule has 0 aliphatic heterocycles. The van der Waals surface area contributed by atoms with Gasteiger partial charge in [-0.05, 0) is 63.2 Å². The molecular weight excluding hydrogens is 501 g/mol. The van der Waals surface area contributed by atoms with E-state index in [1.54, 1.807) is 13.8 Å². The minimum absolute atomic E-state index is 0.147. The number of nitrogens with one attached hydrogen (secondary N) is 2. The third-order valence-electron chi connectivity index (χ3n) is 4.77. The van der Waals surface area contributed by atoms with E-state index in [2.05, 4.69) is 5.32 Å². The molecule has 1 atom stereocenters. The molecule has 2 aromatic rings. The van der Waals surface area contributed by atoms with Crippen molar-refractivity contribution in [1.29, 1.82) is 0 Å². The minimum Gasteiger partial charge on any atom is -0.394 e. The summed E-state index contributed by atoms with van der Waals surface area (Å²) in [6.45, 7) is 3.16. The van der Waals surface area contributed by atoms with Gasteiger partial charge in [-0.1, -0.05) is 11.6 Å². The number of anilines is 1. The highest BCUT2D eigenvalue weighted by atomic mass is 35.5. The smallest absolute Gasteiger partial charge is 0.394 e. The molecule has 0 saturated carbocycles. The first-order valence-electron chi connectivity index (χ1n) is 9.61. The van der Waals surface area contributed by atoms with Crippen molar-refractivity contribution in [3.05, 3.63) is 53.1 Å². The number of aliphatic hydroxyl groups is 2. The summed E-state index contributed by atoms with van der Waals surface area (Å²) in [4.78, 5) is 23.5. The number of carbonyl (C=O) groups is 2. The van der Waals surface area contributed by atoms with Gasteiger partial charge in [-0.3, -0.25) is 9.59 Å². The van der Waals surface area contributed by atoms with Crippen molar-refractivity contribution in [2.75, 3.05) is 11.9 Å². The highest BCUT2D eigenvalue weighted by Crippen LogP contribution is 2.33. The summed E-state index contributed by atoms with van der Waals surface area (Å²) in [5, 5.41) is 22.7. The Labute approximate surface area is 198 Å². The molecule has 0 unspecified atom stereocenters. The van der Waals surface area contributed by atoms with E-state index in [1.165, 1.54) is 24.3 Å². The van der Waals surface area contributed by atoms with E-state index in [9.17, 15) is 41.4 Å². The third-order valence-corrected chi connectivity index (χ3v) is 6.85. The van der Waals surface area contributed by atoms with Crippen LogP contribution in [0.2, 0.25) is 5.02 Å². The zero-order chi connectivity index (χ0) is 26.1. The fourth-order valence-electron chi connectivity index (χ4n) is 2.48. The zero-order valence-corrected chi connectivity index (χ0v) is 19.8. The molecule has 34 heavy (non-hydrogen) atoms. The molecule has 0 spiro atoms. The number of halogens is 4. The Balaban J connectivity index is 2.27. The molecule has 0 saturated heterocycles. The van der Waals surface area contributed by atoms with Crippen molar-refractivity contribution in [2.24, 2.45) is 0 Å². The normalized spacial score (nSPS) is 14.3. The Morgan fingerprint density at radius 3 is 2.00 bits per heavy atom. The Morgan fingerprint density at radius 1 is 1.00 bits per heavy atom. The number of hydrogen-bond acceptors (Lipinski definition) is 6. The first-order valence-corrected chi connectivity index (χ1v) is 11.5. The molecular formula is C21H22ClF3N2O6S. The SMILES string of the molecule is CC(C)(CO)NC(=O)c1ccc(S(=O)(=O)c2ccc(NC(=O)[C@@](C)(O)C(F)(F)F)c(Cl)c2)cc1. The monoisotopic (exact) mass is 522 g/mol. The van der Waals surface area contributed by atoms with Crippen molar-refractivity contribution >= 4 is 38.9 Å². The molecule has 0 heterocycles. The minimum atomic E-state index is -5.25. The Hall–Kier alpha value is -2.67. The lowest BCUT2D eigenvalue weighted by atomic mass is 10.1. The van der Waals surface area contributed by atoms with E-state index >= 15 is 0 Å². The molecule has 0 fully saturated rings. The molecule has 186 valence electrons. The van der Waals surface area contributed by atoms with Crippen LogP contribution in [0, 0.1) is 0 Å². The second kappa shape index (κ2) is 9.53. The molecule has 13 heteroatoms. The molecule has 2 aromatic carbocycles. The highest BCUT2D eigenvalue weighted by Gasteiger charge is 2.55. The van der Waals surface area contributed by atoms with Gasteiger partial charge in [-0.15, -0.1) is 0 Å². The first kappa shape index (κ1) is 27.6. The van der Waals surface area contributed by atoms with Gasteiger partial charge in [-0.2, -0.15) is 13.2 Å². The largest absolute Gasteiger partial charge is 0.426 e. The summed E-state index contributed by atoms with van der Waals surface area (Å²) in [5.74, 6) is -2.32. The maximum Gasteiger partial charge on any atom is 0.426 e. The summed E-state index contributed by atoms with van der Waals surface area (Å²) in [7, 11) is -4.14. The number of aliphatic hydroxyl groups excluding tert-OH is 1. The number of hydrogen-bond donors (Lipinski definition) is 4. The van der Waals surface area contributed by atoms with Crippen LogP contribution in [-0.4, -0.2) is 54.4 Å². The number of amides is 2. The molecule has 0 radical (unpaired) electrons. The number of sulfone groups is 1. The van der Waals surface area contributed by atoms with Gasteiger partial charge in [0.25, 0.3) is 11.8 Å². The zero-order valence-electron chi connectivity index (χ0n) is 18.2.